The van der Waals surface area contributed by atoms with Crippen molar-refractivity contribution >= 4 is 11.7 Å². The maximum atomic E-state index is 14.9. The van der Waals surface area contributed by atoms with E-state index >= 15 is 0 Å². The van der Waals surface area contributed by atoms with E-state index in [1.165, 1.54) is 17.7 Å². The minimum atomic E-state index is -1.07. The first-order valence-corrected chi connectivity index (χ1v) is 10.2. The van der Waals surface area contributed by atoms with Gasteiger partial charge in [0.25, 0.3) is 5.91 Å². The van der Waals surface area contributed by atoms with E-state index < -0.39 is 12.2 Å². The van der Waals surface area contributed by atoms with Crippen LogP contribution in [-0.2, 0) is 4.74 Å². The predicted molar refractivity (Wildman–Crippen MR) is 104 cm³/mol. The number of ether oxygens (including phenoxy) is 1. The van der Waals surface area contributed by atoms with E-state index in [4.69, 9.17) is 9.72 Å². The molecule has 2 aliphatic heterocycles. The molecule has 3 heterocycles. The van der Waals surface area contributed by atoms with Gasteiger partial charge in [0.2, 0.25) is 0 Å². The highest BCUT2D eigenvalue weighted by Gasteiger charge is 2.41. The molecule has 1 saturated carbocycles. The number of halogens is 1. The molecule has 28 heavy (non-hydrogen) atoms. The molecule has 1 N–H and O–H groups in total. The molecule has 154 valence electrons. The minimum Gasteiger partial charge on any atom is -0.394 e. The van der Waals surface area contributed by atoms with E-state index in [1.807, 2.05) is 18.7 Å². The largest absolute Gasteiger partial charge is 0.394 e. The van der Waals surface area contributed by atoms with Crippen LogP contribution in [0.2, 0.25) is 0 Å². The number of rotatable bonds is 5. The molecule has 1 aromatic rings. The van der Waals surface area contributed by atoms with Crippen LogP contribution in [0.3, 0.4) is 0 Å². The van der Waals surface area contributed by atoms with Crippen LogP contribution in [0.15, 0.2) is 0 Å². The van der Waals surface area contributed by atoms with Crippen LogP contribution in [0.5, 0.6) is 0 Å². The fourth-order valence-corrected chi connectivity index (χ4v) is 4.26. The lowest BCUT2D eigenvalue weighted by molar-refractivity contribution is -0.0302. The topological polar surface area (TPSA) is 65.9 Å². The Kier molecular flexibility index (Phi) is 4.86. The number of aliphatic hydroxyl groups is 1. The third-order valence-corrected chi connectivity index (χ3v) is 6.78. The van der Waals surface area contributed by atoms with Gasteiger partial charge in [-0.2, -0.15) is 0 Å². The molecule has 1 amide bonds. The number of fused-ring (bicyclic) bond motifs is 1. The summed E-state index contributed by atoms with van der Waals surface area (Å²) in [5.74, 6) is 0.603. The monoisotopic (exact) mass is 391 g/mol. The van der Waals surface area contributed by atoms with Gasteiger partial charge in [0.15, 0.2) is 0 Å². The van der Waals surface area contributed by atoms with Crippen LogP contribution in [0.25, 0.3) is 0 Å². The number of pyridine rings is 1. The summed E-state index contributed by atoms with van der Waals surface area (Å²) in [6, 6.07) is -0.443. The zero-order chi connectivity index (χ0) is 20.2. The summed E-state index contributed by atoms with van der Waals surface area (Å²) in [4.78, 5) is 20.8. The maximum Gasteiger partial charge on any atom is 0.256 e. The molecule has 3 aliphatic rings. The van der Waals surface area contributed by atoms with Crippen molar-refractivity contribution in [2.45, 2.75) is 58.4 Å². The summed E-state index contributed by atoms with van der Waals surface area (Å²) in [5, 5.41) is 9.74. The number of carbonyl (C=O) groups is 1. The molecule has 7 heteroatoms. The maximum absolute atomic E-state index is 14.9. The highest BCUT2D eigenvalue weighted by Crippen LogP contribution is 2.45. The normalized spacial score (nSPS) is 28.6. The second kappa shape index (κ2) is 6.95. The number of anilines is 1. The first-order valence-electron chi connectivity index (χ1n) is 10.2. The van der Waals surface area contributed by atoms with Crippen molar-refractivity contribution in [3.8, 4) is 0 Å². The van der Waals surface area contributed by atoms with Crippen LogP contribution in [0.4, 0.5) is 10.2 Å². The van der Waals surface area contributed by atoms with Crippen LogP contribution in [0, 0.1) is 19.3 Å². The Hall–Kier alpha value is -1.73. The lowest BCUT2D eigenvalue weighted by atomic mass is 9.99. The van der Waals surface area contributed by atoms with Gasteiger partial charge in [0.1, 0.15) is 12.0 Å². The SMILES string of the molecule is Cc1c(N2CC[C@@H](OCC3(C)CC3)[C@@H](F)C2)nc2c(c1C)C(=O)N(C)[C@@H]2CO. The number of nitrogens with zero attached hydrogens (tertiary/aromatic N) is 3. The summed E-state index contributed by atoms with van der Waals surface area (Å²) in [6.45, 7) is 7.39. The van der Waals surface area contributed by atoms with E-state index in [1.54, 1.807) is 7.05 Å². The third kappa shape index (κ3) is 3.18. The highest BCUT2D eigenvalue weighted by molar-refractivity contribution is 6.00. The molecular weight excluding hydrogens is 361 g/mol. The molecule has 0 bridgehead atoms. The number of carbonyl (C=O) groups excluding carboxylic acids is 1. The van der Waals surface area contributed by atoms with Crippen LogP contribution < -0.4 is 4.90 Å². The van der Waals surface area contributed by atoms with Gasteiger partial charge in [0.05, 0.1) is 43.2 Å². The Morgan fingerprint density at radius 3 is 2.64 bits per heavy atom. The molecule has 0 aromatic carbocycles. The fraction of sp³-hybridized carbons (Fsp3) is 0.714. The number of likely N-dealkylation sites (N-methyl/N-ethyl adjacent to an activating group) is 1. The van der Waals surface area contributed by atoms with Gasteiger partial charge in [-0.15, -0.1) is 0 Å². The van der Waals surface area contributed by atoms with Crippen LogP contribution in [-0.4, -0.2) is 66.5 Å². The molecule has 1 aromatic heterocycles. The molecule has 6 nitrogen and oxygen atoms in total. The number of alkyl halides is 1. The lowest BCUT2D eigenvalue weighted by Gasteiger charge is -2.37. The smallest absolute Gasteiger partial charge is 0.256 e. The zero-order valence-electron chi connectivity index (χ0n) is 17.2. The summed E-state index contributed by atoms with van der Waals surface area (Å²) >= 11 is 0. The summed E-state index contributed by atoms with van der Waals surface area (Å²) < 4.78 is 20.7. The lowest BCUT2D eigenvalue weighted by Crippen LogP contribution is -2.47. The van der Waals surface area contributed by atoms with Crippen molar-refractivity contribution in [1.82, 2.24) is 9.88 Å². The Labute approximate surface area is 165 Å². The Morgan fingerprint density at radius 1 is 1.32 bits per heavy atom. The second-order valence-corrected chi connectivity index (χ2v) is 8.97. The van der Waals surface area contributed by atoms with E-state index in [2.05, 4.69) is 6.92 Å². The number of hydrogen-bond acceptors (Lipinski definition) is 5. The molecule has 0 spiro atoms. The third-order valence-electron chi connectivity index (χ3n) is 6.78. The van der Waals surface area contributed by atoms with Crippen molar-refractivity contribution in [3.63, 3.8) is 0 Å². The molecule has 2 fully saturated rings. The number of aliphatic hydroxyl groups excluding tert-OH is 1. The molecule has 1 aliphatic carbocycles. The number of piperidine rings is 1. The van der Waals surface area contributed by atoms with Gasteiger partial charge >= 0.3 is 0 Å². The van der Waals surface area contributed by atoms with E-state index in [0.717, 1.165) is 11.1 Å². The zero-order valence-corrected chi connectivity index (χ0v) is 17.2. The van der Waals surface area contributed by atoms with Gasteiger partial charge < -0.3 is 19.6 Å². The first-order chi connectivity index (χ1) is 13.3. The average Bonchev–Trinajstić information content (AvgIpc) is 3.35. The molecule has 1 saturated heterocycles. The van der Waals surface area contributed by atoms with Crippen LogP contribution >= 0.6 is 0 Å². The van der Waals surface area contributed by atoms with Crippen molar-refractivity contribution in [2.75, 3.05) is 38.3 Å². The first kappa shape index (κ1) is 19.6. The highest BCUT2D eigenvalue weighted by atomic mass is 19.1. The van der Waals surface area contributed by atoms with Gasteiger partial charge in [-0.1, -0.05) is 6.92 Å². The molecular formula is C21H30FN3O3. The van der Waals surface area contributed by atoms with Crippen molar-refractivity contribution in [3.05, 3.63) is 22.4 Å². The fourth-order valence-electron chi connectivity index (χ4n) is 4.26. The summed E-state index contributed by atoms with van der Waals surface area (Å²) in [5.41, 5.74) is 3.20. The van der Waals surface area contributed by atoms with E-state index in [9.17, 15) is 14.3 Å². The number of amides is 1. The van der Waals surface area contributed by atoms with Gasteiger partial charge in [-0.05, 0) is 49.7 Å². The quantitative estimate of drug-likeness (QED) is 0.836. The van der Waals surface area contributed by atoms with Gasteiger partial charge in [-0.3, -0.25) is 4.79 Å². The van der Waals surface area contributed by atoms with Crippen LogP contribution in [0.1, 0.15) is 59.4 Å². The van der Waals surface area contributed by atoms with E-state index in [0.29, 0.717) is 36.6 Å². The molecule has 0 radical (unpaired) electrons. The molecule has 3 atom stereocenters. The Bertz CT molecular complexity index is 796. The van der Waals surface area contributed by atoms with E-state index in [-0.39, 0.29) is 30.6 Å². The Morgan fingerprint density at radius 2 is 2.04 bits per heavy atom. The van der Waals surface area contributed by atoms with Gasteiger partial charge in [-0.25, -0.2) is 9.37 Å². The van der Waals surface area contributed by atoms with Crippen molar-refractivity contribution in [2.24, 2.45) is 5.41 Å². The molecule has 4 rings (SSSR count). The summed E-state index contributed by atoms with van der Waals surface area (Å²) in [6.07, 6.45) is 1.53. The average molecular weight is 391 g/mol. The standard InChI is InChI=1S/C21H30FN3O3/c1-12-13(2)19(23-18-15(10-26)24(4)20(27)17(12)18)25-8-5-16(14(22)9-25)28-11-21(3)6-7-21/h14-16,26H,5-11H2,1-4H3/t14-,15+,16+/m0/s1. The van der Waals surface area contributed by atoms with Crippen molar-refractivity contribution < 1.29 is 19.0 Å². The van der Waals surface area contributed by atoms with Crippen molar-refractivity contribution in [1.29, 1.82) is 0 Å². The molecule has 0 unspecified atom stereocenters. The second-order valence-electron chi connectivity index (χ2n) is 8.97. The number of hydrogen-bond donors (Lipinski definition) is 1. The van der Waals surface area contributed by atoms with Gasteiger partial charge in [0, 0.05) is 13.6 Å². The predicted octanol–water partition coefficient (Wildman–Crippen LogP) is 2.55. The number of aromatic nitrogens is 1. The Balaban J connectivity index is 1.55. The summed E-state index contributed by atoms with van der Waals surface area (Å²) in [7, 11) is 1.68. The minimum absolute atomic E-state index is 0.113.